The quantitative estimate of drug-likeness (QED) is 0.795. The predicted octanol–water partition coefficient (Wildman–Crippen LogP) is 0.329. The van der Waals surface area contributed by atoms with Crippen LogP contribution in [0.15, 0.2) is 0 Å². The lowest BCUT2D eigenvalue weighted by Gasteiger charge is -2.33. The van der Waals surface area contributed by atoms with E-state index in [1.807, 2.05) is 19.0 Å². The Morgan fingerprint density at radius 2 is 1.68 bits per heavy atom. The van der Waals surface area contributed by atoms with Gasteiger partial charge >= 0.3 is 0 Å². The molecule has 22 heavy (non-hydrogen) atoms. The van der Waals surface area contributed by atoms with E-state index in [4.69, 9.17) is 4.74 Å². The molecular weight excluding hydrogens is 282 g/mol. The Morgan fingerprint density at radius 1 is 1.09 bits per heavy atom. The molecule has 1 saturated heterocycles. The Bertz CT molecular complexity index is 373. The number of nitrogens with zero attached hydrogens (tertiary/aromatic N) is 2. The summed E-state index contributed by atoms with van der Waals surface area (Å²) >= 11 is 0. The normalized spacial score (nSPS) is 26.0. The third-order valence-electron chi connectivity index (χ3n) is 4.63. The number of morpholine rings is 1. The minimum Gasteiger partial charge on any atom is -0.378 e. The second-order valence-electron chi connectivity index (χ2n) is 6.58. The van der Waals surface area contributed by atoms with Crippen LogP contribution >= 0.6 is 0 Å². The van der Waals surface area contributed by atoms with Gasteiger partial charge in [0.15, 0.2) is 0 Å². The second-order valence-corrected chi connectivity index (χ2v) is 6.58. The molecule has 0 spiro atoms. The van der Waals surface area contributed by atoms with E-state index >= 15 is 0 Å². The van der Waals surface area contributed by atoms with E-state index in [1.54, 1.807) is 0 Å². The van der Waals surface area contributed by atoms with Gasteiger partial charge in [-0.05, 0) is 39.8 Å². The zero-order valence-corrected chi connectivity index (χ0v) is 13.8. The van der Waals surface area contributed by atoms with Crippen LogP contribution in [0.2, 0.25) is 0 Å². The van der Waals surface area contributed by atoms with Crippen molar-refractivity contribution in [3.8, 4) is 0 Å². The summed E-state index contributed by atoms with van der Waals surface area (Å²) in [6, 6.07) is 0. The van der Waals surface area contributed by atoms with Gasteiger partial charge in [-0.15, -0.1) is 0 Å². The average Bonchev–Trinajstić information content (AvgIpc) is 2.54. The van der Waals surface area contributed by atoms with Crippen LogP contribution < -0.4 is 5.32 Å². The molecule has 2 rings (SSSR count). The van der Waals surface area contributed by atoms with Crippen LogP contribution in [0, 0.1) is 11.8 Å². The molecule has 2 amide bonds. The highest BCUT2D eigenvalue weighted by Gasteiger charge is 2.32. The number of hydrogen-bond donors (Lipinski definition) is 1. The first-order chi connectivity index (χ1) is 10.6. The molecule has 0 bridgehead atoms. The van der Waals surface area contributed by atoms with Gasteiger partial charge in [0, 0.05) is 38.0 Å². The van der Waals surface area contributed by atoms with Crippen molar-refractivity contribution in [2.24, 2.45) is 11.8 Å². The van der Waals surface area contributed by atoms with Gasteiger partial charge in [-0.25, -0.2) is 0 Å². The van der Waals surface area contributed by atoms with Crippen LogP contribution in [0.5, 0.6) is 0 Å². The third-order valence-corrected chi connectivity index (χ3v) is 4.63. The van der Waals surface area contributed by atoms with Gasteiger partial charge in [0.25, 0.3) is 0 Å². The maximum atomic E-state index is 12.4. The summed E-state index contributed by atoms with van der Waals surface area (Å²) < 4.78 is 5.29. The Kier molecular flexibility index (Phi) is 6.64. The van der Waals surface area contributed by atoms with Gasteiger partial charge in [0.05, 0.1) is 13.2 Å². The van der Waals surface area contributed by atoms with Crippen molar-refractivity contribution in [3.63, 3.8) is 0 Å². The highest BCUT2D eigenvalue weighted by molar-refractivity contribution is 5.81. The van der Waals surface area contributed by atoms with Crippen LogP contribution in [0.3, 0.4) is 0 Å². The fraction of sp³-hybridized carbons (Fsp3) is 0.875. The number of carbonyl (C=O) groups is 2. The fourth-order valence-electron chi connectivity index (χ4n) is 3.19. The minimum absolute atomic E-state index is 0.0795. The molecule has 1 heterocycles. The zero-order valence-electron chi connectivity index (χ0n) is 13.8. The molecule has 2 aliphatic rings. The number of rotatable bonds is 5. The number of hydrogen-bond acceptors (Lipinski definition) is 4. The minimum atomic E-state index is 0.0795. The molecule has 1 N–H and O–H groups in total. The Morgan fingerprint density at radius 3 is 2.27 bits per heavy atom. The Hall–Kier alpha value is -1.14. The number of likely N-dealkylation sites (N-methyl/N-ethyl adjacent to an activating group) is 1. The average molecular weight is 311 g/mol. The van der Waals surface area contributed by atoms with Crippen molar-refractivity contribution in [1.29, 1.82) is 0 Å². The van der Waals surface area contributed by atoms with Crippen LogP contribution in [0.1, 0.15) is 25.7 Å². The summed E-state index contributed by atoms with van der Waals surface area (Å²) in [5.41, 5.74) is 0. The zero-order chi connectivity index (χ0) is 15.9. The van der Waals surface area contributed by atoms with E-state index in [-0.39, 0.29) is 23.7 Å². The van der Waals surface area contributed by atoms with Gasteiger partial charge in [-0.2, -0.15) is 0 Å². The van der Waals surface area contributed by atoms with E-state index in [2.05, 4.69) is 10.2 Å². The standard InChI is InChI=1S/C16H29N3O3/c1-18(2)8-7-17-15(20)13-3-5-14(6-4-13)16(21)19-9-11-22-12-10-19/h13-14H,3-12H2,1-2H3,(H,17,20). The van der Waals surface area contributed by atoms with Gasteiger partial charge in [-0.1, -0.05) is 0 Å². The molecule has 2 fully saturated rings. The Balaban J connectivity index is 1.70. The largest absolute Gasteiger partial charge is 0.378 e. The van der Waals surface area contributed by atoms with Gasteiger partial charge < -0.3 is 19.9 Å². The smallest absolute Gasteiger partial charge is 0.225 e. The number of carbonyl (C=O) groups excluding carboxylic acids is 2. The Labute approximate surface area is 133 Å². The summed E-state index contributed by atoms with van der Waals surface area (Å²) in [5.74, 6) is 0.591. The molecular formula is C16H29N3O3. The lowest BCUT2D eigenvalue weighted by Crippen LogP contribution is -2.45. The van der Waals surface area contributed by atoms with Gasteiger partial charge in [-0.3, -0.25) is 9.59 Å². The van der Waals surface area contributed by atoms with Crippen LogP contribution in [-0.2, 0) is 14.3 Å². The summed E-state index contributed by atoms with van der Waals surface area (Å²) in [5, 5.41) is 3.00. The summed E-state index contributed by atoms with van der Waals surface area (Å²) in [6.07, 6.45) is 3.33. The first-order valence-corrected chi connectivity index (χ1v) is 8.37. The van der Waals surface area contributed by atoms with E-state index in [1.165, 1.54) is 0 Å². The van der Waals surface area contributed by atoms with Crippen molar-refractivity contribution in [2.75, 3.05) is 53.5 Å². The molecule has 0 unspecified atom stereocenters. The number of ether oxygens (including phenoxy) is 1. The number of nitrogens with one attached hydrogen (secondary N) is 1. The molecule has 0 atom stereocenters. The highest BCUT2D eigenvalue weighted by atomic mass is 16.5. The topological polar surface area (TPSA) is 61.9 Å². The first-order valence-electron chi connectivity index (χ1n) is 8.37. The molecule has 0 radical (unpaired) electrons. The lowest BCUT2D eigenvalue weighted by molar-refractivity contribution is -0.142. The maximum Gasteiger partial charge on any atom is 0.225 e. The van der Waals surface area contributed by atoms with E-state index in [0.29, 0.717) is 32.8 Å². The first kappa shape index (κ1) is 17.2. The third kappa shape index (κ3) is 4.95. The summed E-state index contributed by atoms with van der Waals surface area (Å²) in [7, 11) is 3.99. The van der Waals surface area contributed by atoms with Crippen molar-refractivity contribution < 1.29 is 14.3 Å². The molecule has 0 aromatic carbocycles. The van der Waals surface area contributed by atoms with Crippen LogP contribution in [-0.4, -0.2) is 75.1 Å². The van der Waals surface area contributed by atoms with E-state index in [0.717, 1.165) is 32.2 Å². The van der Waals surface area contributed by atoms with E-state index < -0.39 is 0 Å². The van der Waals surface area contributed by atoms with Crippen molar-refractivity contribution in [3.05, 3.63) is 0 Å². The molecule has 6 nitrogen and oxygen atoms in total. The van der Waals surface area contributed by atoms with Crippen molar-refractivity contribution >= 4 is 11.8 Å². The molecule has 1 aliphatic carbocycles. The SMILES string of the molecule is CN(C)CCNC(=O)C1CCC(C(=O)N2CCOCC2)CC1. The highest BCUT2D eigenvalue weighted by Crippen LogP contribution is 2.30. The molecule has 0 aromatic heterocycles. The molecule has 126 valence electrons. The monoisotopic (exact) mass is 311 g/mol. The van der Waals surface area contributed by atoms with Gasteiger partial charge in [0.1, 0.15) is 0 Å². The van der Waals surface area contributed by atoms with E-state index in [9.17, 15) is 9.59 Å². The summed E-state index contributed by atoms with van der Waals surface area (Å²) in [6.45, 7) is 4.27. The maximum absolute atomic E-state index is 12.4. The van der Waals surface area contributed by atoms with Crippen molar-refractivity contribution in [1.82, 2.24) is 15.1 Å². The molecule has 6 heteroatoms. The summed E-state index contributed by atoms with van der Waals surface area (Å²) in [4.78, 5) is 28.5. The predicted molar refractivity (Wildman–Crippen MR) is 84.4 cm³/mol. The number of amides is 2. The molecule has 1 saturated carbocycles. The lowest BCUT2D eigenvalue weighted by atomic mass is 9.81. The molecule has 1 aliphatic heterocycles. The van der Waals surface area contributed by atoms with Gasteiger partial charge in [0.2, 0.25) is 11.8 Å². The second kappa shape index (κ2) is 8.48. The fourth-order valence-corrected chi connectivity index (χ4v) is 3.19. The van der Waals surface area contributed by atoms with Crippen molar-refractivity contribution in [2.45, 2.75) is 25.7 Å². The van der Waals surface area contributed by atoms with Crippen LogP contribution in [0.4, 0.5) is 0 Å². The molecule has 0 aromatic rings. The van der Waals surface area contributed by atoms with Crippen LogP contribution in [0.25, 0.3) is 0 Å².